The van der Waals surface area contributed by atoms with Crippen molar-refractivity contribution >= 4 is 28.8 Å². The van der Waals surface area contributed by atoms with E-state index in [-0.39, 0.29) is 11.3 Å². The fourth-order valence-electron chi connectivity index (χ4n) is 2.94. The van der Waals surface area contributed by atoms with E-state index in [1.165, 1.54) is 32.4 Å². The molecule has 2 heterocycles. The van der Waals surface area contributed by atoms with Crippen molar-refractivity contribution in [2.45, 2.75) is 0 Å². The number of nitrogens with one attached hydrogen (secondary N) is 1. The zero-order valence-corrected chi connectivity index (χ0v) is 16.8. The van der Waals surface area contributed by atoms with Crippen LogP contribution in [0.4, 0.5) is 10.1 Å². The molecule has 4 rings (SSSR count). The highest BCUT2D eigenvalue weighted by Crippen LogP contribution is 2.27. The third-order valence-electron chi connectivity index (χ3n) is 4.42. The van der Waals surface area contributed by atoms with Crippen LogP contribution in [-0.2, 0) is 0 Å². The predicted octanol–water partition coefficient (Wildman–Crippen LogP) is 4.46. The molecule has 0 aliphatic heterocycles. The molecule has 0 spiro atoms. The van der Waals surface area contributed by atoms with Gasteiger partial charge < -0.3 is 14.8 Å². The number of rotatable bonds is 5. The summed E-state index contributed by atoms with van der Waals surface area (Å²) in [4.78, 5) is 17.2. The summed E-state index contributed by atoms with van der Waals surface area (Å²) in [5.41, 5.74) is 1.96. The van der Waals surface area contributed by atoms with Gasteiger partial charge in [-0.2, -0.15) is 0 Å². The molecule has 0 unspecified atom stereocenters. The van der Waals surface area contributed by atoms with Crippen LogP contribution in [0.2, 0.25) is 5.02 Å². The van der Waals surface area contributed by atoms with Gasteiger partial charge in [0.1, 0.15) is 11.6 Å². The van der Waals surface area contributed by atoms with Crippen molar-refractivity contribution in [3.8, 4) is 22.9 Å². The highest BCUT2D eigenvalue weighted by atomic mass is 35.5. The van der Waals surface area contributed by atoms with Gasteiger partial charge in [-0.15, -0.1) is 5.10 Å². The van der Waals surface area contributed by atoms with Gasteiger partial charge in [-0.1, -0.05) is 11.6 Å². The summed E-state index contributed by atoms with van der Waals surface area (Å²) in [6.07, 6.45) is 1.69. The van der Waals surface area contributed by atoms with E-state index in [1.54, 1.807) is 41.0 Å². The van der Waals surface area contributed by atoms with Gasteiger partial charge in [-0.3, -0.25) is 4.79 Å². The predicted molar refractivity (Wildman–Crippen MR) is 111 cm³/mol. The number of hydrogen-bond acceptors (Lipinski definition) is 5. The Bertz CT molecular complexity index is 1260. The molecule has 1 N–H and O–H groups in total. The Morgan fingerprint density at radius 1 is 1.10 bits per heavy atom. The first-order valence-electron chi connectivity index (χ1n) is 8.83. The maximum absolute atomic E-state index is 14.4. The largest absolute Gasteiger partial charge is 0.496 e. The summed E-state index contributed by atoms with van der Waals surface area (Å²) in [7, 11) is 2.96. The van der Waals surface area contributed by atoms with E-state index in [1.807, 2.05) is 0 Å². The summed E-state index contributed by atoms with van der Waals surface area (Å²) >= 11 is 5.98. The summed E-state index contributed by atoms with van der Waals surface area (Å²) < 4.78 is 26.3. The van der Waals surface area contributed by atoms with Gasteiger partial charge in [0.2, 0.25) is 5.88 Å². The number of carbonyl (C=O) groups is 1. The van der Waals surface area contributed by atoms with E-state index < -0.39 is 11.7 Å². The quantitative estimate of drug-likeness (QED) is 0.510. The second-order valence-corrected chi connectivity index (χ2v) is 6.73. The molecule has 152 valence electrons. The minimum absolute atomic E-state index is 0.00197. The fraction of sp³-hybridized carbons (Fsp3) is 0.0952. The van der Waals surface area contributed by atoms with Crippen molar-refractivity contribution in [2.75, 3.05) is 19.5 Å². The maximum atomic E-state index is 14.4. The first-order chi connectivity index (χ1) is 14.5. The SMILES string of the molecule is COc1ccc2nc(-c3ccc(F)c(NC(=O)c4cc(Cl)ccc4OC)c3)cn2n1. The van der Waals surface area contributed by atoms with Crippen LogP contribution in [-0.4, -0.2) is 34.7 Å². The van der Waals surface area contributed by atoms with Crippen molar-refractivity contribution in [3.63, 3.8) is 0 Å². The van der Waals surface area contributed by atoms with Gasteiger partial charge in [-0.05, 0) is 42.5 Å². The molecular weight excluding hydrogens is 411 g/mol. The highest BCUT2D eigenvalue weighted by Gasteiger charge is 2.16. The third-order valence-corrected chi connectivity index (χ3v) is 4.66. The van der Waals surface area contributed by atoms with Crippen molar-refractivity contribution in [2.24, 2.45) is 0 Å². The molecule has 2 aromatic heterocycles. The molecule has 7 nitrogen and oxygen atoms in total. The molecule has 0 radical (unpaired) electrons. The van der Waals surface area contributed by atoms with E-state index in [0.717, 1.165) is 0 Å². The fourth-order valence-corrected chi connectivity index (χ4v) is 3.11. The second kappa shape index (κ2) is 8.00. The summed E-state index contributed by atoms with van der Waals surface area (Å²) in [6.45, 7) is 0. The molecule has 0 saturated heterocycles. The van der Waals surface area contributed by atoms with Crippen LogP contribution in [0.15, 0.2) is 54.7 Å². The molecule has 0 aliphatic carbocycles. The van der Waals surface area contributed by atoms with Crippen LogP contribution in [0.25, 0.3) is 16.9 Å². The van der Waals surface area contributed by atoms with Crippen LogP contribution in [0.5, 0.6) is 11.6 Å². The molecule has 0 saturated carbocycles. The Hall–Kier alpha value is -3.65. The zero-order valence-electron chi connectivity index (χ0n) is 16.0. The Morgan fingerprint density at radius 3 is 2.70 bits per heavy atom. The Kier molecular flexibility index (Phi) is 5.24. The number of benzene rings is 2. The minimum Gasteiger partial charge on any atom is -0.496 e. The number of imidazole rings is 1. The topological polar surface area (TPSA) is 77.8 Å². The minimum atomic E-state index is -0.586. The van der Waals surface area contributed by atoms with Gasteiger partial charge in [0.25, 0.3) is 5.91 Å². The van der Waals surface area contributed by atoms with Crippen molar-refractivity contribution in [1.82, 2.24) is 14.6 Å². The Morgan fingerprint density at radius 2 is 1.93 bits per heavy atom. The van der Waals surface area contributed by atoms with Gasteiger partial charge in [-0.25, -0.2) is 13.9 Å². The number of aromatic nitrogens is 3. The summed E-state index contributed by atoms with van der Waals surface area (Å²) in [6, 6.07) is 12.4. The van der Waals surface area contributed by atoms with E-state index in [4.69, 9.17) is 21.1 Å². The molecule has 0 bridgehead atoms. The Labute approximate surface area is 176 Å². The molecule has 0 aliphatic rings. The number of fused-ring (bicyclic) bond motifs is 1. The normalized spacial score (nSPS) is 10.8. The van der Waals surface area contributed by atoms with Crippen LogP contribution in [0.3, 0.4) is 0 Å². The van der Waals surface area contributed by atoms with E-state index in [0.29, 0.717) is 33.6 Å². The van der Waals surface area contributed by atoms with Crippen molar-refractivity contribution in [1.29, 1.82) is 0 Å². The number of hydrogen-bond donors (Lipinski definition) is 1. The summed E-state index contributed by atoms with van der Waals surface area (Å²) in [5.74, 6) is -0.369. The van der Waals surface area contributed by atoms with Crippen molar-refractivity contribution < 1.29 is 18.7 Å². The van der Waals surface area contributed by atoms with Crippen LogP contribution >= 0.6 is 11.6 Å². The lowest BCUT2D eigenvalue weighted by Crippen LogP contribution is -2.14. The number of anilines is 1. The number of amides is 1. The van der Waals surface area contributed by atoms with E-state index >= 15 is 0 Å². The van der Waals surface area contributed by atoms with Crippen molar-refractivity contribution in [3.05, 3.63) is 71.1 Å². The average molecular weight is 427 g/mol. The monoisotopic (exact) mass is 426 g/mol. The molecule has 30 heavy (non-hydrogen) atoms. The smallest absolute Gasteiger partial charge is 0.259 e. The first kappa shape index (κ1) is 19.7. The second-order valence-electron chi connectivity index (χ2n) is 6.30. The first-order valence-corrected chi connectivity index (χ1v) is 9.21. The molecule has 9 heteroatoms. The van der Waals surface area contributed by atoms with Gasteiger partial charge in [0.05, 0.1) is 37.4 Å². The molecular formula is C21H16ClFN4O3. The number of nitrogens with zero attached hydrogens (tertiary/aromatic N) is 3. The summed E-state index contributed by atoms with van der Waals surface area (Å²) in [5, 5.41) is 7.19. The molecule has 1 amide bonds. The lowest BCUT2D eigenvalue weighted by atomic mass is 10.1. The highest BCUT2D eigenvalue weighted by molar-refractivity contribution is 6.31. The van der Waals surface area contributed by atoms with Gasteiger partial charge in [0, 0.05) is 16.7 Å². The molecule has 4 aromatic rings. The van der Waals surface area contributed by atoms with Crippen LogP contribution in [0, 0.1) is 5.82 Å². The molecule has 2 aromatic carbocycles. The lowest BCUT2D eigenvalue weighted by Gasteiger charge is -2.11. The molecule has 0 fully saturated rings. The van der Waals surface area contributed by atoms with E-state index in [9.17, 15) is 9.18 Å². The molecule has 0 atom stereocenters. The number of carbonyl (C=O) groups excluding carboxylic acids is 1. The zero-order chi connectivity index (χ0) is 21.3. The van der Waals surface area contributed by atoms with Gasteiger partial charge >= 0.3 is 0 Å². The van der Waals surface area contributed by atoms with Crippen LogP contribution < -0.4 is 14.8 Å². The van der Waals surface area contributed by atoms with E-state index in [2.05, 4.69) is 15.4 Å². The standard InChI is InChI=1S/C21H16ClFN4O3/c1-29-18-6-4-13(22)10-14(18)21(28)25-16-9-12(3-5-15(16)23)17-11-27-19(24-17)7-8-20(26-27)30-2/h3-11H,1-2H3,(H,25,28). The maximum Gasteiger partial charge on any atom is 0.259 e. The van der Waals surface area contributed by atoms with Crippen LogP contribution in [0.1, 0.15) is 10.4 Å². The van der Waals surface area contributed by atoms with Gasteiger partial charge in [0.15, 0.2) is 5.65 Å². The Balaban J connectivity index is 1.67. The average Bonchev–Trinajstić information content (AvgIpc) is 3.18. The number of methoxy groups -OCH3 is 2. The third kappa shape index (κ3) is 3.77. The number of ether oxygens (including phenoxy) is 2. The number of halogens is 2. The lowest BCUT2D eigenvalue weighted by molar-refractivity contribution is 0.102.